The molecule has 1 aliphatic heterocycles. The standard InChI is InChI=1S/C13H9BrN2O3S2/c14-9-4-5-10-8(6-9)2-1-3-11(10)21(18,19)16-7-12(17)15-13(16)20/h1-6H,7H2,(H,15,17,20). The summed E-state index contributed by atoms with van der Waals surface area (Å²) in [5, 5.41) is 3.62. The molecule has 0 bridgehead atoms. The highest BCUT2D eigenvalue weighted by molar-refractivity contribution is 9.10. The molecule has 21 heavy (non-hydrogen) atoms. The molecular weight excluding hydrogens is 376 g/mol. The summed E-state index contributed by atoms with van der Waals surface area (Å²) < 4.78 is 27.2. The van der Waals surface area contributed by atoms with Crippen LogP contribution in [0.5, 0.6) is 0 Å². The van der Waals surface area contributed by atoms with Gasteiger partial charge in [0.2, 0.25) is 5.91 Å². The number of benzene rings is 2. The summed E-state index contributed by atoms with van der Waals surface area (Å²) in [7, 11) is -3.87. The summed E-state index contributed by atoms with van der Waals surface area (Å²) in [6.45, 7) is -0.284. The van der Waals surface area contributed by atoms with Gasteiger partial charge in [-0.3, -0.25) is 4.79 Å². The third-order valence-corrected chi connectivity index (χ3v) is 5.87. The summed E-state index contributed by atoms with van der Waals surface area (Å²) in [4.78, 5) is 11.5. The number of amides is 1. The Hall–Kier alpha value is -1.51. The molecule has 0 spiro atoms. The van der Waals surface area contributed by atoms with Crippen molar-refractivity contribution in [3.05, 3.63) is 40.9 Å². The van der Waals surface area contributed by atoms with Gasteiger partial charge in [0.25, 0.3) is 10.0 Å². The molecule has 0 radical (unpaired) electrons. The second-order valence-electron chi connectivity index (χ2n) is 4.49. The van der Waals surface area contributed by atoms with E-state index in [1.807, 2.05) is 12.1 Å². The SMILES string of the molecule is O=C1CN(S(=O)(=O)c2cccc3cc(Br)ccc23)C(=S)N1. The van der Waals surface area contributed by atoms with E-state index in [4.69, 9.17) is 12.2 Å². The third-order valence-electron chi connectivity index (χ3n) is 3.13. The lowest BCUT2D eigenvalue weighted by Gasteiger charge is -2.17. The Labute approximate surface area is 135 Å². The molecule has 108 valence electrons. The van der Waals surface area contributed by atoms with Crippen molar-refractivity contribution in [2.45, 2.75) is 4.90 Å². The maximum Gasteiger partial charge on any atom is 0.267 e. The second-order valence-corrected chi connectivity index (χ2v) is 7.62. The van der Waals surface area contributed by atoms with E-state index in [1.54, 1.807) is 18.2 Å². The van der Waals surface area contributed by atoms with Gasteiger partial charge in [0.1, 0.15) is 6.54 Å². The molecule has 0 saturated carbocycles. The van der Waals surface area contributed by atoms with E-state index >= 15 is 0 Å². The number of nitrogens with zero attached hydrogens (tertiary/aromatic N) is 1. The minimum atomic E-state index is -3.87. The first-order valence-electron chi connectivity index (χ1n) is 5.94. The van der Waals surface area contributed by atoms with Crippen molar-refractivity contribution in [2.75, 3.05) is 6.54 Å². The number of sulfonamides is 1. The van der Waals surface area contributed by atoms with Crippen LogP contribution in [0.3, 0.4) is 0 Å². The molecule has 1 N–H and O–H groups in total. The van der Waals surface area contributed by atoms with Crippen molar-refractivity contribution in [2.24, 2.45) is 0 Å². The molecule has 1 heterocycles. The van der Waals surface area contributed by atoms with E-state index in [1.165, 1.54) is 6.07 Å². The molecule has 5 nitrogen and oxygen atoms in total. The first kappa shape index (κ1) is 14.4. The van der Waals surface area contributed by atoms with Crippen LogP contribution in [0, 0.1) is 0 Å². The number of nitrogens with one attached hydrogen (secondary N) is 1. The number of carbonyl (C=O) groups is 1. The minimum Gasteiger partial charge on any atom is -0.301 e. The summed E-state index contributed by atoms with van der Waals surface area (Å²) >= 11 is 8.27. The lowest BCUT2D eigenvalue weighted by molar-refractivity contribution is -0.118. The molecular formula is C13H9BrN2O3S2. The molecule has 0 aliphatic carbocycles. The topological polar surface area (TPSA) is 66.5 Å². The summed E-state index contributed by atoms with van der Waals surface area (Å²) in [6, 6.07) is 10.3. The van der Waals surface area contributed by atoms with Crippen molar-refractivity contribution in [1.82, 2.24) is 9.62 Å². The fourth-order valence-corrected chi connectivity index (χ4v) is 4.54. The quantitative estimate of drug-likeness (QED) is 0.804. The molecule has 1 amide bonds. The van der Waals surface area contributed by atoms with Crippen LogP contribution in [-0.2, 0) is 14.8 Å². The smallest absolute Gasteiger partial charge is 0.267 e. The first-order valence-corrected chi connectivity index (χ1v) is 8.58. The Bertz CT molecular complexity index is 880. The van der Waals surface area contributed by atoms with E-state index in [0.29, 0.717) is 5.39 Å². The number of carbonyl (C=O) groups excluding carboxylic acids is 1. The predicted molar refractivity (Wildman–Crippen MR) is 86.3 cm³/mol. The van der Waals surface area contributed by atoms with Crippen molar-refractivity contribution < 1.29 is 13.2 Å². The minimum absolute atomic E-state index is 0.0888. The largest absolute Gasteiger partial charge is 0.301 e. The van der Waals surface area contributed by atoms with Gasteiger partial charge >= 0.3 is 0 Å². The van der Waals surface area contributed by atoms with Gasteiger partial charge in [-0.05, 0) is 35.8 Å². The molecule has 2 aromatic rings. The van der Waals surface area contributed by atoms with E-state index in [2.05, 4.69) is 21.2 Å². The van der Waals surface area contributed by atoms with Crippen LogP contribution in [-0.4, -0.2) is 30.3 Å². The molecule has 1 aliphatic rings. The van der Waals surface area contributed by atoms with Crippen LogP contribution in [0.25, 0.3) is 10.8 Å². The maximum atomic E-state index is 12.7. The number of halogens is 1. The predicted octanol–water partition coefficient (Wildman–Crippen LogP) is 2.01. The van der Waals surface area contributed by atoms with Gasteiger partial charge in [-0.25, -0.2) is 12.7 Å². The first-order chi connectivity index (χ1) is 9.89. The summed E-state index contributed by atoms with van der Waals surface area (Å²) in [6.07, 6.45) is 0. The molecule has 0 aromatic heterocycles. The van der Waals surface area contributed by atoms with Crippen molar-refractivity contribution in [3.8, 4) is 0 Å². The lowest BCUT2D eigenvalue weighted by Crippen LogP contribution is -2.34. The Morgan fingerprint density at radius 1 is 1.24 bits per heavy atom. The van der Waals surface area contributed by atoms with Crippen LogP contribution >= 0.6 is 28.1 Å². The average molecular weight is 385 g/mol. The van der Waals surface area contributed by atoms with Crippen LogP contribution in [0.1, 0.15) is 0 Å². The van der Waals surface area contributed by atoms with Gasteiger partial charge in [-0.2, -0.15) is 0 Å². The highest BCUT2D eigenvalue weighted by atomic mass is 79.9. The van der Waals surface area contributed by atoms with Crippen LogP contribution in [0.15, 0.2) is 45.8 Å². The number of hydrogen-bond acceptors (Lipinski definition) is 4. The van der Waals surface area contributed by atoms with E-state index < -0.39 is 15.9 Å². The van der Waals surface area contributed by atoms with Gasteiger partial charge in [-0.15, -0.1) is 0 Å². The number of rotatable bonds is 2. The zero-order valence-corrected chi connectivity index (χ0v) is 13.8. The van der Waals surface area contributed by atoms with E-state index in [-0.39, 0.29) is 16.6 Å². The molecule has 0 atom stereocenters. The van der Waals surface area contributed by atoms with E-state index in [9.17, 15) is 13.2 Å². The summed E-state index contributed by atoms with van der Waals surface area (Å²) in [5.74, 6) is -0.424. The van der Waals surface area contributed by atoms with Crippen molar-refractivity contribution in [1.29, 1.82) is 0 Å². The zero-order chi connectivity index (χ0) is 15.2. The molecule has 0 unspecified atom stereocenters. The van der Waals surface area contributed by atoms with Crippen molar-refractivity contribution in [3.63, 3.8) is 0 Å². The Balaban J connectivity index is 2.20. The molecule has 3 rings (SSSR count). The van der Waals surface area contributed by atoms with Gasteiger partial charge in [0.15, 0.2) is 5.11 Å². The van der Waals surface area contributed by atoms with Crippen LogP contribution < -0.4 is 5.32 Å². The normalized spacial score (nSPS) is 15.6. The Kier molecular flexibility index (Phi) is 3.46. The number of fused-ring (bicyclic) bond motifs is 1. The molecule has 2 aromatic carbocycles. The highest BCUT2D eigenvalue weighted by Crippen LogP contribution is 2.28. The van der Waals surface area contributed by atoms with Gasteiger partial charge in [0.05, 0.1) is 4.90 Å². The monoisotopic (exact) mass is 384 g/mol. The second kappa shape index (κ2) is 5.04. The molecule has 8 heteroatoms. The Morgan fingerprint density at radius 3 is 2.67 bits per heavy atom. The Morgan fingerprint density at radius 2 is 2.00 bits per heavy atom. The van der Waals surface area contributed by atoms with Crippen LogP contribution in [0.4, 0.5) is 0 Å². The zero-order valence-electron chi connectivity index (χ0n) is 10.5. The summed E-state index contributed by atoms with van der Waals surface area (Å²) in [5.41, 5.74) is 0. The average Bonchev–Trinajstić information content (AvgIpc) is 2.77. The van der Waals surface area contributed by atoms with E-state index in [0.717, 1.165) is 14.2 Å². The van der Waals surface area contributed by atoms with Crippen molar-refractivity contribution >= 4 is 60.0 Å². The molecule has 1 fully saturated rings. The third kappa shape index (κ3) is 2.43. The fraction of sp³-hybridized carbons (Fsp3) is 0.0769. The lowest BCUT2D eigenvalue weighted by atomic mass is 10.1. The maximum absolute atomic E-state index is 12.7. The highest BCUT2D eigenvalue weighted by Gasteiger charge is 2.35. The number of thiocarbonyl (C=S) groups is 1. The molecule has 1 saturated heterocycles. The van der Waals surface area contributed by atoms with Crippen LogP contribution in [0.2, 0.25) is 0 Å². The van der Waals surface area contributed by atoms with Gasteiger partial charge < -0.3 is 5.32 Å². The van der Waals surface area contributed by atoms with Gasteiger partial charge in [-0.1, -0.05) is 34.1 Å². The van der Waals surface area contributed by atoms with Gasteiger partial charge in [0, 0.05) is 9.86 Å². The fourth-order valence-electron chi connectivity index (χ4n) is 2.19. The number of hydrogen-bond donors (Lipinski definition) is 1.